The molecule has 6 nitrogen and oxygen atoms in total. The first-order valence-electron chi connectivity index (χ1n) is 8.11. The third-order valence-electron chi connectivity index (χ3n) is 4.07. The van der Waals surface area contributed by atoms with Gasteiger partial charge in [0.2, 0.25) is 0 Å². The Kier molecular flexibility index (Phi) is 4.61. The third kappa shape index (κ3) is 3.28. The Bertz CT molecular complexity index is 819. The SMILES string of the molecule is CCN1C(=O)C(C)Oc2cc(NC(=O)c3cccc(OC)c3)ccc21. The van der Waals surface area contributed by atoms with Gasteiger partial charge in [-0.15, -0.1) is 0 Å². The van der Waals surface area contributed by atoms with Crippen molar-refractivity contribution < 1.29 is 19.1 Å². The van der Waals surface area contributed by atoms with Gasteiger partial charge in [-0.25, -0.2) is 0 Å². The largest absolute Gasteiger partial charge is 0.497 e. The average molecular weight is 340 g/mol. The highest BCUT2D eigenvalue weighted by Gasteiger charge is 2.30. The van der Waals surface area contributed by atoms with Gasteiger partial charge < -0.3 is 19.7 Å². The Balaban J connectivity index is 1.84. The summed E-state index contributed by atoms with van der Waals surface area (Å²) < 4.78 is 10.8. The molecule has 1 N–H and O–H groups in total. The highest BCUT2D eigenvalue weighted by molar-refractivity contribution is 6.05. The van der Waals surface area contributed by atoms with Gasteiger partial charge in [0.1, 0.15) is 11.5 Å². The topological polar surface area (TPSA) is 67.9 Å². The quantitative estimate of drug-likeness (QED) is 0.929. The molecule has 3 rings (SSSR count). The van der Waals surface area contributed by atoms with Crippen molar-refractivity contribution in [1.82, 2.24) is 0 Å². The molecule has 0 bridgehead atoms. The second kappa shape index (κ2) is 6.84. The Morgan fingerprint density at radius 2 is 2.08 bits per heavy atom. The van der Waals surface area contributed by atoms with Crippen molar-refractivity contribution in [2.75, 3.05) is 23.9 Å². The number of rotatable bonds is 4. The molecule has 1 aliphatic heterocycles. The number of ether oxygens (including phenoxy) is 2. The van der Waals surface area contributed by atoms with E-state index < -0.39 is 6.10 Å². The van der Waals surface area contributed by atoms with Crippen LogP contribution in [0.4, 0.5) is 11.4 Å². The summed E-state index contributed by atoms with van der Waals surface area (Å²) >= 11 is 0. The van der Waals surface area contributed by atoms with Gasteiger partial charge in [0.15, 0.2) is 6.10 Å². The van der Waals surface area contributed by atoms with Crippen LogP contribution in [0.3, 0.4) is 0 Å². The number of hydrogen-bond donors (Lipinski definition) is 1. The molecule has 1 atom stereocenters. The fourth-order valence-corrected chi connectivity index (χ4v) is 2.78. The number of amides is 2. The van der Waals surface area contributed by atoms with Gasteiger partial charge in [-0.3, -0.25) is 9.59 Å². The lowest BCUT2D eigenvalue weighted by atomic mass is 10.1. The van der Waals surface area contributed by atoms with E-state index in [1.54, 1.807) is 61.4 Å². The van der Waals surface area contributed by atoms with Gasteiger partial charge in [-0.05, 0) is 44.2 Å². The van der Waals surface area contributed by atoms with Crippen molar-refractivity contribution in [2.45, 2.75) is 20.0 Å². The lowest BCUT2D eigenvalue weighted by molar-refractivity contribution is -0.125. The van der Waals surface area contributed by atoms with E-state index in [1.165, 1.54) is 0 Å². The van der Waals surface area contributed by atoms with Crippen molar-refractivity contribution >= 4 is 23.2 Å². The van der Waals surface area contributed by atoms with Crippen molar-refractivity contribution in [3.63, 3.8) is 0 Å². The molecule has 2 aromatic carbocycles. The Morgan fingerprint density at radius 1 is 1.28 bits per heavy atom. The van der Waals surface area contributed by atoms with Crippen molar-refractivity contribution in [2.24, 2.45) is 0 Å². The van der Waals surface area contributed by atoms with Crippen LogP contribution in [-0.2, 0) is 4.79 Å². The number of nitrogens with zero attached hydrogens (tertiary/aromatic N) is 1. The summed E-state index contributed by atoms with van der Waals surface area (Å²) in [6.07, 6.45) is -0.545. The molecule has 1 aliphatic rings. The van der Waals surface area contributed by atoms with Crippen LogP contribution in [-0.4, -0.2) is 31.6 Å². The van der Waals surface area contributed by atoms with Gasteiger partial charge in [0.25, 0.3) is 11.8 Å². The molecule has 25 heavy (non-hydrogen) atoms. The molecule has 1 unspecified atom stereocenters. The Morgan fingerprint density at radius 3 is 2.80 bits per heavy atom. The van der Waals surface area contributed by atoms with E-state index in [-0.39, 0.29) is 11.8 Å². The average Bonchev–Trinajstić information content (AvgIpc) is 2.63. The number of likely N-dealkylation sites (N-methyl/N-ethyl adjacent to an activating group) is 1. The van der Waals surface area contributed by atoms with Crippen molar-refractivity contribution in [1.29, 1.82) is 0 Å². The van der Waals surface area contributed by atoms with E-state index in [0.29, 0.717) is 35.0 Å². The van der Waals surface area contributed by atoms with Crippen LogP contribution in [0.15, 0.2) is 42.5 Å². The molecular formula is C19H20N2O4. The summed E-state index contributed by atoms with van der Waals surface area (Å²) in [6, 6.07) is 12.2. The monoisotopic (exact) mass is 340 g/mol. The first kappa shape index (κ1) is 16.8. The van der Waals surface area contributed by atoms with Crippen LogP contribution in [0, 0.1) is 0 Å². The van der Waals surface area contributed by atoms with E-state index in [4.69, 9.17) is 9.47 Å². The van der Waals surface area contributed by atoms with Crippen LogP contribution >= 0.6 is 0 Å². The normalized spacial score (nSPS) is 16.0. The van der Waals surface area contributed by atoms with Crippen LogP contribution < -0.4 is 19.7 Å². The first-order chi connectivity index (χ1) is 12.0. The smallest absolute Gasteiger partial charge is 0.267 e. The highest BCUT2D eigenvalue weighted by atomic mass is 16.5. The highest BCUT2D eigenvalue weighted by Crippen LogP contribution is 2.36. The molecule has 0 fully saturated rings. The summed E-state index contributed by atoms with van der Waals surface area (Å²) in [5, 5.41) is 2.84. The number of methoxy groups -OCH3 is 1. The Hall–Kier alpha value is -3.02. The summed E-state index contributed by atoms with van der Waals surface area (Å²) in [4.78, 5) is 26.2. The van der Waals surface area contributed by atoms with Crippen LogP contribution in [0.25, 0.3) is 0 Å². The molecule has 2 aromatic rings. The van der Waals surface area contributed by atoms with E-state index >= 15 is 0 Å². The van der Waals surface area contributed by atoms with Crippen LogP contribution in [0.1, 0.15) is 24.2 Å². The molecule has 130 valence electrons. The summed E-state index contributed by atoms with van der Waals surface area (Å²) in [6.45, 7) is 4.20. The number of carbonyl (C=O) groups is 2. The zero-order valence-electron chi connectivity index (χ0n) is 14.4. The molecule has 0 aliphatic carbocycles. The molecule has 0 aromatic heterocycles. The lowest BCUT2D eigenvalue weighted by Gasteiger charge is -2.32. The molecule has 6 heteroatoms. The molecule has 1 heterocycles. The van der Waals surface area contributed by atoms with Crippen molar-refractivity contribution in [3.05, 3.63) is 48.0 Å². The van der Waals surface area contributed by atoms with E-state index in [9.17, 15) is 9.59 Å². The van der Waals surface area contributed by atoms with Gasteiger partial charge >= 0.3 is 0 Å². The minimum absolute atomic E-state index is 0.0665. The second-order valence-corrected chi connectivity index (χ2v) is 5.71. The third-order valence-corrected chi connectivity index (χ3v) is 4.07. The summed E-state index contributed by atoms with van der Waals surface area (Å²) in [5.74, 6) is 0.888. The predicted octanol–water partition coefficient (Wildman–Crippen LogP) is 3.08. The number of anilines is 2. The minimum Gasteiger partial charge on any atom is -0.497 e. The lowest BCUT2D eigenvalue weighted by Crippen LogP contribution is -2.44. The molecule has 0 saturated heterocycles. The molecule has 0 spiro atoms. The maximum Gasteiger partial charge on any atom is 0.267 e. The van der Waals surface area contributed by atoms with Crippen LogP contribution in [0.2, 0.25) is 0 Å². The van der Waals surface area contributed by atoms with E-state index in [0.717, 1.165) is 0 Å². The predicted molar refractivity (Wildman–Crippen MR) is 95.5 cm³/mol. The van der Waals surface area contributed by atoms with Gasteiger partial charge in [-0.1, -0.05) is 6.07 Å². The standard InChI is InChI=1S/C19H20N2O4/c1-4-21-16-9-8-14(11-17(16)25-12(2)19(21)23)20-18(22)13-6-5-7-15(10-13)24-3/h5-12H,4H2,1-3H3,(H,20,22). The number of fused-ring (bicyclic) bond motifs is 1. The zero-order chi connectivity index (χ0) is 18.0. The summed E-state index contributed by atoms with van der Waals surface area (Å²) in [7, 11) is 1.56. The van der Waals surface area contributed by atoms with E-state index in [1.807, 2.05) is 6.92 Å². The zero-order valence-corrected chi connectivity index (χ0v) is 14.4. The van der Waals surface area contributed by atoms with E-state index in [2.05, 4.69) is 5.32 Å². The number of nitrogens with one attached hydrogen (secondary N) is 1. The maximum absolute atomic E-state index is 12.4. The van der Waals surface area contributed by atoms with Crippen molar-refractivity contribution in [3.8, 4) is 11.5 Å². The van der Waals surface area contributed by atoms with Crippen LogP contribution in [0.5, 0.6) is 11.5 Å². The molecule has 0 saturated carbocycles. The fraction of sp³-hybridized carbons (Fsp3) is 0.263. The van der Waals surface area contributed by atoms with Gasteiger partial charge in [-0.2, -0.15) is 0 Å². The maximum atomic E-state index is 12.4. The first-order valence-corrected chi connectivity index (χ1v) is 8.11. The fourth-order valence-electron chi connectivity index (χ4n) is 2.78. The van der Waals surface area contributed by atoms with Gasteiger partial charge in [0, 0.05) is 23.9 Å². The van der Waals surface area contributed by atoms with Gasteiger partial charge in [0.05, 0.1) is 12.8 Å². The summed E-state index contributed by atoms with van der Waals surface area (Å²) in [5.41, 5.74) is 1.81. The second-order valence-electron chi connectivity index (χ2n) is 5.71. The molecular weight excluding hydrogens is 320 g/mol. The number of carbonyl (C=O) groups excluding carboxylic acids is 2. The minimum atomic E-state index is -0.545. The number of hydrogen-bond acceptors (Lipinski definition) is 4. The number of benzene rings is 2. The Labute approximate surface area is 146 Å². The molecule has 0 radical (unpaired) electrons. The molecule has 2 amide bonds.